The number of hydrogen-bond donors (Lipinski definition) is 0. The van der Waals surface area contributed by atoms with Crippen molar-refractivity contribution in [1.82, 2.24) is 0 Å². The molecular weight excluding hydrogens is 544 g/mol. The Morgan fingerprint density at radius 3 is 1.58 bits per heavy atom. The maximum Gasteiger partial charge on any atom is 0.143 e. The van der Waals surface area contributed by atoms with Gasteiger partial charge < -0.3 is 4.42 Å². The first kappa shape index (κ1) is 24.5. The highest BCUT2D eigenvalue weighted by atomic mass is 16.3. The highest BCUT2D eigenvalue weighted by Crippen LogP contribution is 2.47. The van der Waals surface area contributed by atoms with E-state index in [0.717, 1.165) is 27.3 Å². The van der Waals surface area contributed by atoms with Crippen molar-refractivity contribution in [3.05, 3.63) is 158 Å². The van der Waals surface area contributed by atoms with Gasteiger partial charge >= 0.3 is 0 Å². The zero-order chi connectivity index (χ0) is 29.5. The molecule has 0 unspecified atom stereocenters. The monoisotopic (exact) mass is 570 g/mol. The standard InChI is InChI=1S/C44H26O/c1-4-14-31-27(11-1)21-23-38-39-26-29(22-24-41(39)45-44(31)38)42-34-17-7-9-19-36(34)43(37-20-10-8-18-35(37)42)40-25-28-12-2-3-13-30(28)32-15-5-6-16-33(32)40/h1-26H. The smallest absolute Gasteiger partial charge is 0.143 e. The molecule has 45 heavy (non-hydrogen) atoms. The van der Waals surface area contributed by atoms with Gasteiger partial charge in [-0.05, 0) is 95.0 Å². The van der Waals surface area contributed by atoms with Crippen LogP contribution in [0.2, 0.25) is 0 Å². The Morgan fingerprint density at radius 2 is 0.867 bits per heavy atom. The van der Waals surface area contributed by atoms with Crippen LogP contribution in [-0.2, 0) is 0 Å². The van der Waals surface area contributed by atoms with E-state index in [1.807, 2.05) is 0 Å². The minimum Gasteiger partial charge on any atom is -0.455 e. The molecule has 0 radical (unpaired) electrons. The second-order valence-corrected chi connectivity index (χ2v) is 12.0. The molecule has 0 saturated heterocycles. The number of benzene rings is 9. The van der Waals surface area contributed by atoms with Gasteiger partial charge in [0.25, 0.3) is 0 Å². The number of furan rings is 1. The summed E-state index contributed by atoms with van der Waals surface area (Å²) in [6.45, 7) is 0. The van der Waals surface area contributed by atoms with E-state index in [9.17, 15) is 0 Å². The molecule has 0 spiro atoms. The molecule has 1 heterocycles. The van der Waals surface area contributed by atoms with E-state index >= 15 is 0 Å². The summed E-state index contributed by atoms with van der Waals surface area (Å²) in [6, 6.07) is 57.4. The van der Waals surface area contributed by atoms with Crippen LogP contribution in [0.4, 0.5) is 0 Å². The molecule has 1 aromatic heterocycles. The van der Waals surface area contributed by atoms with Crippen molar-refractivity contribution in [3.8, 4) is 22.3 Å². The topological polar surface area (TPSA) is 13.1 Å². The summed E-state index contributed by atoms with van der Waals surface area (Å²) in [4.78, 5) is 0. The maximum atomic E-state index is 6.48. The predicted molar refractivity (Wildman–Crippen MR) is 192 cm³/mol. The first-order chi connectivity index (χ1) is 22.3. The fourth-order valence-electron chi connectivity index (χ4n) is 7.65. The maximum absolute atomic E-state index is 6.48. The lowest BCUT2D eigenvalue weighted by molar-refractivity contribution is 0.672. The third-order valence-corrected chi connectivity index (χ3v) is 9.62. The quantitative estimate of drug-likeness (QED) is 0.149. The lowest BCUT2D eigenvalue weighted by atomic mass is 9.83. The Balaban J connectivity index is 1.32. The Bertz CT molecular complexity index is 2760. The van der Waals surface area contributed by atoms with Crippen LogP contribution in [0.3, 0.4) is 0 Å². The molecule has 208 valence electrons. The molecule has 0 atom stereocenters. The third kappa shape index (κ3) is 3.50. The van der Waals surface area contributed by atoms with Crippen LogP contribution >= 0.6 is 0 Å². The number of fused-ring (bicyclic) bond motifs is 10. The van der Waals surface area contributed by atoms with Crippen LogP contribution < -0.4 is 0 Å². The fourth-order valence-corrected chi connectivity index (χ4v) is 7.65. The van der Waals surface area contributed by atoms with Crippen molar-refractivity contribution in [2.45, 2.75) is 0 Å². The Kier molecular flexibility index (Phi) is 5.06. The lowest BCUT2D eigenvalue weighted by Crippen LogP contribution is -1.92. The van der Waals surface area contributed by atoms with Crippen molar-refractivity contribution in [3.63, 3.8) is 0 Å². The largest absolute Gasteiger partial charge is 0.455 e. The predicted octanol–water partition coefficient (Wildman–Crippen LogP) is 12.7. The minimum atomic E-state index is 0.915. The van der Waals surface area contributed by atoms with Gasteiger partial charge in [-0.2, -0.15) is 0 Å². The van der Waals surface area contributed by atoms with Gasteiger partial charge in [0.2, 0.25) is 0 Å². The molecule has 0 N–H and O–H groups in total. The zero-order valence-electron chi connectivity index (χ0n) is 24.4. The van der Waals surface area contributed by atoms with E-state index in [0.29, 0.717) is 0 Å². The van der Waals surface area contributed by atoms with Gasteiger partial charge in [0, 0.05) is 16.2 Å². The van der Waals surface area contributed by atoms with Gasteiger partial charge in [-0.25, -0.2) is 0 Å². The van der Waals surface area contributed by atoms with Gasteiger partial charge in [-0.1, -0.05) is 133 Å². The summed E-state index contributed by atoms with van der Waals surface area (Å²) in [5, 5.41) is 14.8. The second kappa shape index (κ2) is 9.29. The molecule has 0 fully saturated rings. The lowest BCUT2D eigenvalue weighted by Gasteiger charge is -2.19. The molecule has 0 aliphatic carbocycles. The molecule has 10 rings (SSSR count). The Morgan fingerprint density at radius 1 is 0.311 bits per heavy atom. The second-order valence-electron chi connectivity index (χ2n) is 12.0. The average molecular weight is 571 g/mol. The molecule has 1 nitrogen and oxygen atoms in total. The summed E-state index contributed by atoms with van der Waals surface area (Å²) in [7, 11) is 0. The van der Waals surface area contributed by atoms with Gasteiger partial charge in [0.1, 0.15) is 11.2 Å². The summed E-state index contributed by atoms with van der Waals surface area (Å²) < 4.78 is 6.48. The molecule has 1 heteroatoms. The molecule has 0 aliphatic heterocycles. The molecule has 0 saturated carbocycles. The van der Waals surface area contributed by atoms with Crippen LogP contribution in [-0.4, -0.2) is 0 Å². The molecule has 0 bridgehead atoms. The Labute approximate surface area is 259 Å². The first-order valence-corrected chi connectivity index (χ1v) is 15.5. The van der Waals surface area contributed by atoms with Crippen molar-refractivity contribution in [2.75, 3.05) is 0 Å². The molecule has 0 amide bonds. The fraction of sp³-hybridized carbons (Fsp3) is 0. The van der Waals surface area contributed by atoms with Crippen LogP contribution in [0.5, 0.6) is 0 Å². The summed E-state index contributed by atoms with van der Waals surface area (Å²) in [5.41, 5.74) is 6.87. The van der Waals surface area contributed by atoms with E-state index in [-0.39, 0.29) is 0 Å². The molecule has 0 aliphatic rings. The van der Waals surface area contributed by atoms with Crippen molar-refractivity contribution >= 4 is 75.8 Å². The summed E-state index contributed by atoms with van der Waals surface area (Å²) in [5.74, 6) is 0. The van der Waals surface area contributed by atoms with E-state index in [4.69, 9.17) is 4.42 Å². The normalized spacial score (nSPS) is 12.0. The van der Waals surface area contributed by atoms with E-state index in [2.05, 4.69) is 158 Å². The van der Waals surface area contributed by atoms with Gasteiger partial charge in [-0.3, -0.25) is 0 Å². The summed E-state index contributed by atoms with van der Waals surface area (Å²) in [6.07, 6.45) is 0. The zero-order valence-corrected chi connectivity index (χ0v) is 24.4. The number of rotatable bonds is 2. The van der Waals surface area contributed by atoms with Gasteiger partial charge in [-0.15, -0.1) is 0 Å². The van der Waals surface area contributed by atoms with Gasteiger partial charge in [0.15, 0.2) is 0 Å². The number of hydrogen-bond acceptors (Lipinski definition) is 1. The highest BCUT2D eigenvalue weighted by Gasteiger charge is 2.20. The molecular formula is C44H26O. The Hall–Kier alpha value is -5.92. The summed E-state index contributed by atoms with van der Waals surface area (Å²) >= 11 is 0. The SMILES string of the molecule is c1ccc2c(c1)cc(-c1c3ccccc3c(-c3ccc4oc5c6ccccc6ccc5c4c3)c3ccccc13)c1ccccc12. The first-order valence-electron chi connectivity index (χ1n) is 15.5. The average Bonchev–Trinajstić information content (AvgIpc) is 3.49. The highest BCUT2D eigenvalue weighted by molar-refractivity contribution is 6.26. The molecule has 10 aromatic rings. The van der Waals surface area contributed by atoms with Crippen molar-refractivity contribution < 1.29 is 4.42 Å². The van der Waals surface area contributed by atoms with Crippen LogP contribution in [0.25, 0.3) is 98.1 Å². The van der Waals surface area contributed by atoms with Crippen molar-refractivity contribution in [2.24, 2.45) is 0 Å². The van der Waals surface area contributed by atoms with Crippen molar-refractivity contribution in [1.29, 1.82) is 0 Å². The van der Waals surface area contributed by atoms with Crippen LogP contribution in [0.1, 0.15) is 0 Å². The van der Waals surface area contributed by atoms with Crippen LogP contribution in [0.15, 0.2) is 162 Å². The van der Waals surface area contributed by atoms with Gasteiger partial charge in [0.05, 0.1) is 0 Å². The van der Waals surface area contributed by atoms with Crippen LogP contribution in [0, 0.1) is 0 Å². The molecule has 9 aromatic carbocycles. The minimum absolute atomic E-state index is 0.915. The van der Waals surface area contributed by atoms with E-state index in [1.54, 1.807) is 0 Å². The third-order valence-electron chi connectivity index (χ3n) is 9.62. The van der Waals surface area contributed by atoms with E-state index in [1.165, 1.54) is 70.7 Å². The van der Waals surface area contributed by atoms with E-state index < -0.39 is 0 Å².